The molecule has 5 heteroatoms. The second-order valence-corrected chi connectivity index (χ2v) is 7.55. The molecule has 146 valence electrons. The van der Waals surface area contributed by atoms with Gasteiger partial charge in [-0.1, -0.05) is 33.8 Å². The van der Waals surface area contributed by atoms with Crippen molar-refractivity contribution in [2.45, 2.75) is 40.7 Å². The minimum absolute atomic E-state index is 0. The first-order valence-electron chi connectivity index (χ1n) is 9.33. The number of nitrogens with one attached hydrogen (secondary N) is 1. The highest BCUT2D eigenvalue weighted by molar-refractivity contribution is 5.91. The minimum atomic E-state index is 0. The van der Waals surface area contributed by atoms with Crippen LogP contribution in [0.15, 0.2) is 30.5 Å². The molecule has 0 aliphatic carbocycles. The van der Waals surface area contributed by atoms with Gasteiger partial charge in [-0.15, -0.1) is 12.4 Å². The molecule has 0 aliphatic rings. The molecule has 26 heavy (non-hydrogen) atoms. The smallest absolute Gasteiger partial charge is 0.121 e. The first-order valence-corrected chi connectivity index (χ1v) is 9.33. The molecule has 0 aliphatic heterocycles. The maximum absolute atomic E-state index is 5.43. The van der Waals surface area contributed by atoms with Crippen LogP contribution in [-0.4, -0.2) is 42.7 Å². The van der Waals surface area contributed by atoms with Gasteiger partial charge >= 0.3 is 0 Å². The van der Waals surface area contributed by atoms with Crippen molar-refractivity contribution in [2.24, 2.45) is 11.8 Å². The van der Waals surface area contributed by atoms with E-state index in [-0.39, 0.29) is 12.4 Å². The number of nitrogens with zero attached hydrogens (tertiary/aromatic N) is 2. The highest BCUT2D eigenvalue weighted by Gasteiger charge is 2.18. The topological polar surface area (TPSA) is 37.4 Å². The lowest BCUT2D eigenvalue weighted by atomic mass is 10.0. The van der Waals surface area contributed by atoms with Crippen LogP contribution in [0, 0.1) is 11.8 Å². The second kappa shape index (κ2) is 10.6. The molecule has 0 radical (unpaired) electrons. The molecule has 0 fully saturated rings. The summed E-state index contributed by atoms with van der Waals surface area (Å²) in [6, 6.07) is 8.67. The van der Waals surface area contributed by atoms with E-state index < -0.39 is 0 Å². The van der Waals surface area contributed by atoms with E-state index in [1.165, 1.54) is 0 Å². The quantitative estimate of drug-likeness (QED) is 0.659. The summed E-state index contributed by atoms with van der Waals surface area (Å²) in [6.45, 7) is 14.5. The summed E-state index contributed by atoms with van der Waals surface area (Å²) in [5.74, 6) is 2.18. The van der Waals surface area contributed by atoms with Crippen molar-refractivity contribution < 1.29 is 4.74 Å². The number of hydrogen-bond donors (Lipinski definition) is 1. The number of ether oxygens (including phenoxy) is 1. The SMILES string of the molecule is COc1cc(NCCN(CC(C)C)C(C)C(C)C)c2ncccc2c1.Cl. The number of benzene rings is 1. The molecule has 0 saturated carbocycles. The zero-order chi connectivity index (χ0) is 18.4. The standard InChI is InChI=1S/C21H33N3O.ClH/c1-15(2)14-24(17(5)16(3)4)11-10-22-20-13-19(25-6)12-18-8-7-9-23-21(18)20;/h7-9,12-13,15-17,22H,10-11,14H2,1-6H3;1H. The van der Waals surface area contributed by atoms with Gasteiger partial charge in [-0.25, -0.2) is 0 Å². The van der Waals surface area contributed by atoms with Crippen LogP contribution >= 0.6 is 12.4 Å². The van der Waals surface area contributed by atoms with Crippen molar-refractivity contribution in [1.29, 1.82) is 0 Å². The normalized spacial score (nSPS) is 12.5. The van der Waals surface area contributed by atoms with E-state index in [9.17, 15) is 0 Å². The lowest BCUT2D eigenvalue weighted by molar-refractivity contribution is 0.156. The summed E-state index contributed by atoms with van der Waals surface area (Å²) in [4.78, 5) is 7.12. The van der Waals surface area contributed by atoms with E-state index in [4.69, 9.17) is 4.74 Å². The van der Waals surface area contributed by atoms with Crippen LogP contribution in [0.3, 0.4) is 0 Å². The Kier molecular flexibility index (Phi) is 9.17. The highest BCUT2D eigenvalue weighted by Crippen LogP contribution is 2.27. The summed E-state index contributed by atoms with van der Waals surface area (Å²) >= 11 is 0. The third-order valence-corrected chi connectivity index (χ3v) is 4.77. The van der Waals surface area contributed by atoms with Gasteiger partial charge < -0.3 is 10.1 Å². The Morgan fingerprint density at radius 1 is 1.15 bits per heavy atom. The van der Waals surface area contributed by atoms with Gasteiger partial charge in [0.1, 0.15) is 5.75 Å². The highest BCUT2D eigenvalue weighted by atomic mass is 35.5. The molecule has 4 nitrogen and oxygen atoms in total. The Labute approximate surface area is 164 Å². The summed E-state index contributed by atoms with van der Waals surface area (Å²) in [5.41, 5.74) is 2.03. The molecule has 0 amide bonds. The van der Waals surface area contributed by atoms with Crippen LogP contribution in [0.4, 0.5) is 5.69 Å². The fraction of sp³-hybridized carbons (Fsp3) is 0.571. The average molecular weight is 380 g/mol. The predicted molar refractivity (Wildman–Crippen MR) is 115 cm³/mol. The van der Waals surface area contributed by atoms with Crippen molar-refractivity contribution in [3.63, 3.8) is 0 Å². The van der Waals surface area contributed by atoms with Crippen molar-refractivity contribution in [3.05, 3.63) is 30.5 Å². The number of methoxy groups -OCH3 is 1. The Morgan fingerprint density at radius 2 is 1.88 bits per heavy atom. The first-order chi connectivity index (χ1) is 11.9. The molecule has 2 rings (SSSR count). The molecule has 1 N–H and O–H groups in total. The molecule has 0 saturated heterocycles. The van der Waals surface area contributed by atoms with Crippen LogP contribution in [0.1, 0.15) is 34.6 Å². The maximum atomic E-state index is 5.43. The molecule has 1 atom stereocenters. The van der Waals surface area contributed by atoms with Crippen molar-refractivity contribution >= 4 is 29.0 Å². The van der Waals surface area contributed by atoms with E-state index in [0.29, 0.717) is 17.9 Å². The van der Waals surface area contributed by atoms with Crippen LogP contribution in [0.25, 0.3) is 10.9 Å². The number of aromatic nitrogens is 1. The van der Waals surface area contributed by atoms with Crippen molar-refractivity contribution in [3.8, 4) is 5.75 Å². The molecular formula is C21H34ClN3O. The minimum Gasteiger partial charge on any atom is -0.497 e. The molecule has 2 aromatic rings. The van der Waals surface area contributed by atoms with Gasteiger partial charge in [-0.2, -0.15) is 0 Å². The third-order valence-electron chi connectivity index (χ3n) is 4.77. The van der Waals surface area contributed by atoms with Gasteiger partial charge in [0.2, 0.25) is 0 Å². The zero-order valence-electron chi connectivity index (χ0n) is 17.0. The number of pyridine rings is 1. The monoisotopic (exact) mass is 379 g/mol. The number of anilines is 1. The fourth-order valence-corrected chi connectivity index (χ4v) is 3.10. The lowest BCUT2D eigenvalue weighted by Crippen LogP contribution is -2.41. The van der Waals surface area contributed by atoms with Crippen molar-refractivity contribution in [1.82, 2.24) is 9.88 Å². The maximum Gasteiger partial charge on any atom is 0.121 e. The van der Waals surface area contributed by atoms with E-state index >= 15 is 0 Å². The number of hydrogen-bond acceptors (Lipinski definition) is 4. The zero-order valence-corrected chi connectivity index (χ0v) is 17.8. The summed E-state index contributed by atoms with van der Waals surface area (Å²) in [7, 11) is 1.70. The van der Waals surface area contributed by atoms with Crippen LogP contribution in [0.2, 0.25) is 0 Å². The van der Waals surface area contributed by atoms with Gasteiger partial charge in [0.05, 0.1) is 18.3 Å². The molecule has 1 heterocycles. The van der Waals surface area contributed by atoms with E-state index in [1.807, 2.05) is 24.4 Å². The molecule has 0 bridgehead atoms. The summed E-state index contributed by atoms with van der Waals surface area (Å²) in [5, 5.41) is 4.67. The molecule has 1 aromatic carbocycles. The van der Waals surface area contributed by atoms with E-state index in [2.05, 4.69) is 55.9 Å². The molecule has 1 unspecified atom stereocenters. The summed E-state index contributed by atoms with van der Waals surface area (Å²) in [6.07, 6.45) is 1.84. The van der Waals surface area contributed by atoms with Crippen LogP contribution in [-0.2, 0) is 0 Å². The van der Waals surface area contributed by atoms with Crippen LogP contribution < -0.4 is 10.1 Å². The molecular weight excluding hydrogens is 346 g/mol. The Bertz CT molecular complexity index is 675. The van der Waals surface area contributed by atoms with E-state index in [1.54, 1.807) is 7.11 Å². The predicted octanol–water partition coefficient (Wildman–Crippen LogP) is 5.08. The molecule has 0 spiro atoms. The van der Waals surface area contributed by atoms with Gasteiger partial charge in [0, 0.05) is 43.3 Å². The molecule has 1 aromatic heterocycles. The van der Waals surface area contributed by atoms with Gasteiger partial charge in [0.15, 0.2) is 0 Å². The number of rotatable bonds is 9. The van der Waals surface area contributed by atoms with E-state index in [0.717, 1.165) is 42.0 Å². The fourth-order valence-electron chi connectivity index (χ4n) is 3.10. The van der Waals surface area contributed by atoms with Gasteiger partial charge in [-0.05, 0) is 30.9 Å². The summed E-state index contributed by atoms with van der Waals surface area (Å²) < 4.78 is 5.43. The van der Waals surface area contributed by atoms with Crippen molar-refractivity contribution in [2.75, 3.05) is 32.1 Å². The second-order valence-electron chi connectivity index (χ2n) is 7.55. The largest absolute Gasteiger partial charge is 0.497 e. The first kappa shape index (κ1) is 22.5. The third kappa shape index (κ3) is 6.03. The average Bonchev–Trinajstić information content (AvgIpc) is 2.59. The Morgan fingerprint density at radius 3 is 2.50 bits per heavy atom. The van der Waals surface area contributed by atoms with Crippen LogP contribution in [0.5, 0.6) is 5.75 Å². The lowest BCUT2D eigenvalue weighted by Gasteiger charge is -2.33. The Hall–Kier alpha value is -1.52. The number of halogens is 1. The Balaban J connectivity index is 0.00000338. The van der Waals surface area contributed by atoms with Gasteiger partial charge in [0.25, 0.3) is 0 Å². The number of fused-ring (bicyclic) bond motifs is 1. The van der Waals surface area contributed by atoms with Gasteiger partial charge in [-0.3, -0.25) is 9.88 Å².